The summed E-state index contributed by atoms with van der Waals surface area (Å²) in [4.78, 5) is 0. The highest BCUT2D eigenvalue weighted by atomic mass is 16.3. The maximum atomic E-state index is 9.60. The lowest BCUT2D eigenvalue weighted by molar-refractivity contribution is 0.438. The molecule has 0 aliphatic rings. The van der Waals surface area contributed by atoms with Crippen molar-refractivity contribution in [3.63, 3.8) is 0 Å². The molecule has 3 heteroatoms. The lowest BCUT2D eigenvalue weighted by Gasteiger charge is -2.08. The molecule has 0 aliphatic carbocycles. The first-order valence-electron chi connectivity index (χ1n) is 4.95. The van der Waals surface area contributed by atoms with Crippen LogP contribution >= 0.6 is 0 Å². The van der Waals surface area contributed by atoms with E-state index in [2.05, 4.69) is 0 Å². The van der Waals surface area contributed by atoms with Gasteiger partial charge in [0.1, 0.15) is 17.2 Å². The fourth-order valence-electron chi connectivity index (χ4n) is 1.59. The molecule has 0 amide bonds. The second-order valence-electron chi connectivity index (χ2n) is 3.58. The van der Waals surface area contributed by atoms with Crippen molar-refractivity contribution in [3.05, 3.63) is 53.6 Å². The van der Waals surface area contributed by atoms with Gasteiger partial charge in [0.05, 0.1) is 0 Å². The van der Waals surface area contributed by atoms with Crippen molar-refractivity contribution in [2.24, 2.45) is 0 Å². The van der Waals surface area contributed by atoms with Crippen LogP contribution in [0, 0.1) is 0 Å². The molecule has 82 valence electrons. The van der Waals surface area contributed by atoms with Crippen LogP contribution in [0.2, 0.25) is 0 Å². The van der Waals surface area contributed by atoms with Gasteiger partial charge < -0.3 is 15.3 Å². The predicted molar refractivity (Wildman–Crippen MR) is 60.7 cm³/mol. The topological polar surface area (TPSA) is 60.7 Å². The van der Waals surface area contributed by atoms with Crippen molar-refractivity contribution in [1.82, 2.24) is 0 Å². The van der Waals surface area contributed by atoms with E-state index in [0.717, 1.165) is 0 Å². The minimum absolute atomic E-state index is 0.0308. The van der Waals surface area contributed by atoms with Crippen LogP contribution in [-0.2, 0) is 6.42 Å². The molecule has 3 nitrogen and oxygen atoms in total. The Hall–Kier alpha value is -2.16. The summed E-state index contributed by atoms with van der Waals surface area (Å²) in [6.45, 7) is 0. The molecule has 0 radical (unpaired) electrons. The molecule has 0 heterocycles. The average Bonchev–Trinajstić information content (AvgIpc) is 2.26. The number of para-hydroxylation sites is 1. The monoisotopic (exact) mass is 216 g/mol. The van der Waals surface area contributed by atoms with Crippen LogP contribution in [0.3, 0.4) is 0 Å². The van der Waals surface area contributed by atoms with E-state index in [4.69, 9.17) is 0 Å². The SMILES string of the molecule is Oc1ccccc1Cc1c(O)cccc1O. The van der Waals surface area contributed by atoms with Gasteiger partial charge in [-0.05, 0) is 23.8 Å². The maximum absolute atomic E-state index is 9.60. The van der Waals surface area contributed by atoms with Crippen molar-refractivity contribution >= 4 is 0 Å². The zero-order chi connectivity index (χ0) is 11.5. The Labute approximate surface area is 93.2 Å². The molecule has 0 aromatic heterocycles. The zero-order valence-electron chi connectivity index (χ0n) is 8.59. The molecule has 0 saturated carbocycles. The molecule has 0 saturated heterocycles. The van der Waals surface area contributed by atoms with Crippen LogP contribution in [0.1, 0.15) is 11.1 Å². The van der Waals surface area contributed by atoms with Gasteiger partial charge in [-0.25, -0.2) is 0 Å². The Morgan fingerprint density at radius 2 is 1.25 bits per heavy atom. The molecule has 0 unspecified atom stereocenters. The summed E-state index contributed by atoms with van der Waals surface area (Å²) in [7, 11) is 0. The minimum atomic E-state index is 0.0308. The Balaban J connectivity index is 2.38. The van der Waals surface area contributed by atoms with Crippen molar-refractivity contribution in [3.8, 4) is 17.2 Å². The molecule has 3 N–H and O–H groups in total. The van der Waals surface area contributed by atoms with E-state index < -0.39 is 0 Å². The number of phenols is 3. The number of hydrogen-bond donors (Lipinski definition) is 3. The minimum Gasteiger partial charge on any atom is -0.508 e. The summed E-state index contributed by atoms with van der Waals surface area (Å²) >= 11 is 0. The van der Waals surface area contributed by atoms with E-state index in [1.54, 1.807) is 30.3 Å². The van der Waals surface area contributed by atoms with Gasteiger partial charge in [-0.1, -0.05) is 24.3 Å². The van der Waals surface area contributed by atoms with Crippen molar-refractivity contribution in [1.29, 1.82) is 0 Å². The first-order valence-corrected chi connectivity index (χ1v) is 4.95. The Bertz CT molecular complexity index is 486. The Morgan fingerprint density at radius 1 is 0.688 bits per heavy atom. The molecule has 0 spiro atoms. The highest BCUT2D eigenvalue weighted by Gasteiger charge is 2.09. The first kappa shape index (κ1) is 10.4. The Morgan fingerprint density at radius 3 is 1.88 bits per heavy atom. The standard InChI is InChI=1S/C13H12O3/c14-11-5-2-1-4-9(11)8-10-12(15)6-3-7-13(10)16/h1-7,14-16H,8H2. The van der Waals surface area contributed by atoms with Crippen molar-refractivity contribution < 1.29 is 15.3 Å². The third-order valence-corrected chi connectivity index (χ3v) is 2.49. The second kappa shape index (κ2) is 4.14. The smallest absolute Gasteiger partial charge is 0.122 e. The molecule has 0 atom stereocenters. The summed E-state index contributed by atoms with van der Waals surface area (Å²) in [5.41, 5.74) is 1.09. The third-order valence-electron chi connectivity index (χ3n) is 2.49. The van der Waals surface area contributed by atoms with E-state index in [-0.39, 0.29) is 17.2 Å². The largest absolute Gasteiger partial charge is 0.508 e. The fraction of sp³-hybridized carbons (Fsp3) is 0.0769. The number of benzene rings is 2. The number of rotatable bonds is 2. The molecule has 2 aromatic rings. The van der Waals surface area contributed by atoms with Crippen LogP contribution in [0.5, 0.6) is 17.2 Å². The molecule has 2 aromatic carbocycles. The molecule has 0 bridgehead atoms. The summed E-state index contributed by atoms with van der Waals surface area (Å²) in [5.74, 6) is 0.219. The van der Waals surface area contributed by atoms with E-state index in [1.807, 2.05) is 0 Å². The van der Waals surface area contributed by atoms with Crippen LogP contribution in [-0.4, -0.2) is 15.3 Å². The van der Waals surface area contributed by atoms with Crippen LogP contribution in [0.25, 0.3) is 0 Å². The van der Waals surface area contributed by atoms with Crippen LogP contribution in [0.15, 0.2) is 42.5 Å². The van der Waals surface area contributed by atoms with Gasteiger partial charge in [0.25, 0.3) is 0 Å². The summed E-state index contributed by atoms with van der Waals surface area (Å²) in [6, 6.07) is 11.4. The zero-order valence-corrected chi connectivity index (χ0v) is 8.59. The highest BCUT2D eigenvalue weighted by Crippen LogP contribution is 2.30. The molecule has 0 aliphatic heterocycles. The fourth-order valence-corrected chi connectivity index (χ4v) is 1.59. The predicted octanol–water partition coefficient (Wildman–Crippen LogP) is 2.39. The maximum Gasteiger partial charge on any atom is 0.122 e. The van der Waals surface area contributed by atoms with Gasteiger partial charge in [-0.15, -0.1) is 0 Å². The quantitative estimate of drug-likeness (QED) is 0.722. The van der Waals surface area contributed by atoms with Gasteiger partial charge in [0, 0.05) is 12.0 Å². The van der Waals surface area contributed by atoms with Crippen LogP contribution in [0.4, 0.5) is 0 Å². The van der Waals surface area contributed by atoms with Gasteiger partial charge in [-0.2, -0.15) is 0 Å². The highest BCUT2D eigenvalue weighted by molar-refractivity contribution is 5.47. The second-order valence-corrected chi connectivity index (χ2v) is 3.58. The van der Waals surface area contributed by atoms with Crippen LogP contribution < -0.4 is 0 Å². The molecule has 16 heavy (non-hydrogen) atoms. The summed E-state index contributed by atoms with van der Waals surface area (Å²) in [6.07, 6.45) is 0.297. The first-order chi connectivity index (χ1) is 7.68. The van der Waals surface area contributed by atoms with Gasteiger partial charge in [-0.3, -0.25) is 0 Å². The number of hydrogen-bond acceptors (Lipinski definition) is 3. The van der Waals surface area contributed by atoms with Crippen molar-refractivity contribution in [2.45, 2.75) is 6.42 Å². The van der Waals surface area contributed by atoms with Gasteiger partial charge in [0.2, 0.25) is 0 Å². The van der Waals surface area contributed by atoms with E-state index >= 15 is 0 Å². The third kappa shape index (κ3) is 1.93. The molecular formula is C13H12O3. The van der Waals surface area contributed by atoms with E-state index in [0.29, 0.717) is 17.5 Å². The van der Waals surface area contributed by atoms with E-state index in [1.165, 1.54) is 12.1 Å². The lowest BCUT2D eigenvalue weighted by atomic mass is 10.0. The van der Waals surface area contributed by atoms with Gasteiger partial charge >= 0.3 is 0 Å². The molecular weight excluding hydrogens is 204 g/mol. The lowest BCUT2D eigenvalue weighted by Crippen LogP contribution is -1.90. The van der Waals surface area contributed by atoms with Gasteiger partial charge in [0.15, 0.2) is 0 Å². The summed E-state index contributed by atoms with van der Waals surface area (Å²) < 4.78 is 0. The molecule has 2 rings (SSSR count). The normalized spacial score (nSPS) is 10.2. The van der Waals surface area contributed by atoms with Crippen molar-refractivity contribution in [2.75, 3.05) is 0 Å². The number of phenolic OH excluding ortho intramolecular Hbond substituents is 3. The van der Waals surface area contributed by atoms with E-state index in [9.17, 15) is 15.3 Å². The molecule has 0 fully saturated rings. The summed E-state index contributed by atoms with van der Waals surface area (Å²) in [5, 5.41) is 28.8. The number of aromatic hydroxyl groups is 3. The Kier molecular flexibility index (Phi) is 2.68. The average molecular weight is 216 g/mol.